The third kappa shape index (κ3) is 2.46. The Morgan fingerprint density at radius 2 is 1.79 bits per heavy atom. The van der Waals surface area contributed by atoms with Gasteiger partial charge >= 0.3 is 0 Å². The lowest BCUT2D eigenvalue weighted by atomic mass is 10.1. The summed E-state index contributed by atoms with van der Waals surface area (Å²) in [4.78, 5) is 0. The molecule has 24 heavy (non-hydrogen) atoms. The molecule has 0 spiro atoms. The van der Waals surface area contributed by atoms with Crippen LogP contribution >= 0.6 is 0 Å². The van der Waals surface area contributed by atoms with E-state index < -0.39 is 0 Å². The first-order valence-corrected chi connectivity index (χ1v) is 7.99. The number of nitrogens with zero attached hydrogens (tertiary/aromatic N) is 2. The van der Waals surface area contributed by atoms with E-state index in [1.807, 2.05) is 30.3 Å². The zero-order chi connectivity index (χ0) is 16.5. The molecule has 0 radical (unpaired) electrons. The second-order valence-corrected chi connectivity index (χ2v) is 5.68. The zero-order valence-corrected chi connectivity index (χ0v) is 13.7. The van der Waals surface area contributed by atoms with E-state index in [0.717, 1.165) is 34.9 Å². The quantitative estimate of drug-likeness (QED) is 0.532. The van der Waals surface area contributed by atoms with Crippen molar-refractivity contribution in [2.45, 2.75) is 13.5 Å². The summed E-state index contributed by atoms with van der Waals surface area (Å²) in [5.41, 5.74) is 4.06. The SMILES string of the molecule is CCn1ccc2ccc(-c3cc(-c4ccc(OC)cc4)no3)cc21. The largest absolute Gasteiger partial charge is 0.497 e. The van der Waals surface area contributed by atoms with Gasteiger partial charge in [0.1, 0.15) is 11.4 Å². The molecule has 0 aliphatic carbocycles. The van der Waals surface area contributed by atoms with Crippen molar-refractivity contribution in [2.75, 3.05) is 7.11 Å². The molecule has 4 rings (SSSR count). The third-order valence-corrected chi connectivity index (χ3v) is 4.30. The summed E-state index contributed by atoms with van der Waals surface area (Å²) in [7, 11) is 1.66. The van der Waals surface area contributed by atoms with Crippen molar-refractivity contribution in [3.63, 3.8) is 0 Å². The van der Waals surface area contributed by atoms with Crippen LogP contribution in [0.25, 0.3) is 33.5 Å². The molecule has 0 saturated carbocycles. The van der Waals surface area contributed by atoms with Crippen LogP contribution in [-0.2, 0) is 6.54 Å². The van der Waals surface area contributed by atoms with Crippen LogP contribution < -0.4 is 4.74 Å². The average molecular weight is 318 g/mol. The molecule has 0 fully saturated rings. The average Bonchev–Trinajstić information content (AvgIpc) is 3.28. The van der Waals surface area contributed by atoms with Crippen LogP contribution in [-0.4, -0.2) is 16.8 Å². The molecule has 0 unspecified atom stereocenters. The molecule has 4 aromatic rings. The van der Waals surface area contributed by atoms with E-state index in [4.69, 9.17) is 9.26 Å². The molecule has 0 aliphatic rings. The highest BCUT2D eigenvalue weighted by Gasteiger charge is 2.10. The first-order valence-electron chi connectivity index (χ1n) is 7.99. The molecule has 4 nitrogen and oxygen atoms in total. The molecule has 0 bridgehead atoms. The first-order chi connectivity index (χ1) is 11.8. The maximum Gasteiger partial charge on any atom is 0.167 e. The number of benzene rings is 2. The van der Waals surface area contributed by atoms with Crippen molar-refractivity contribution < 1.29 is 9.26 Å². The molecule has 0 aliphatic heterocycles. The highest BCUT2D eigenvalue weighted by molar-refractivity contribution is 5.85. The molecule has 120 valence electrons. The summed E-state index contributed by atoms with van der Waals surface area (Å²) in [5, 5.41) is 5.44. The fourth-order valence-electron chi connectivity index (χ4n) is 2.92. The topological polar surface area (TPSA) is 40.2 Å². The van der Waals surface area contributed by atoms with Gasteiger partial charge in [-0.15, -0.1) is 0 Å². The Balaban J connectivity index is 1.71. The number of methoxy groups -OCH3 is 1. The van der Waals surface area contributed by atoms with Crippen LogP contribution in [0.5, 0.6) is 5.75 Å². The summed E-state index contributed by atoms with van der Waals surface area (Å²) in [6.45, 7) is 3.09. The van der Waals surface area contributed by atoms with E-state index in [1.165, 1.54) is 10.9 Å². The second kappa shape index (κ2) is 5.89. The monoisotopic (exact) mass is 318 g/mol. The van der Waals surface area contributed by atoms with E-state index in [1.54, 1.807) is 7.11 Å². The minimum Gasteiger partial charge on any atom is -0.497 e. The summed E-state index contributed by atoms with van der Waals surface area (Å²) in [6, 6.07) is 18.2. The minimum atomic E-state index is 0.770. The Morgan fingerprint density at radius 3 is 2.54 bits per heavy atom. The van der Waals surface area contributed by atoms with Gasteiger partial charge in [-0.05, 0) is 48.7 Å². The van der Waals surface area contributed by atoms with Gasteiger partial charge in [-0.25, -0.2) is 0 Å². The lowest BCUT2D eigenvalue weighted by Crippen LogP contribution is -1.90. The van der Waals surface area contributed by atoms with Gasteiger partial charge in [0, 0.05) is 35.5 Å². The van der Waals surface area contributed by atoms with Crippen LogP contribution in [0.1, 0.15) is 6.92 Å². The van der Waals surface area contributed by atoms with Crippen molar-refractivity contribution in [3.05, 3.63) is 60.8 Å². The predicted molar refractivity (Wildman–Crippen MR) is 95.1 cm³/mol. The highest BCUT2D eigenvalue weighted by Crippen LogP contribution is 2.29. The molecule has 0 atom stereocenters. The molecular formula is C20H18N2O2. The normalized spacial score (nSPS) is 11.1. The van der Waals surface area contributed by atoms with Gasteiger partial charge in [0.25, 0.3) is 0 Å². The Bertz CT molecular complexity index is 980. The van der Waals surface area contributed by atoms with Crippen molar-refractivity contribution in [1.29, 1.82) is 0 Å². The number of hydrogen-bond acceptors (Lipinski definition) is 3. The minimum absolute atomic E-state index is 0.770. The molecule has 4 heteroatoms. The van der Waals surface area contributed by atoms with Crippen molar-refractivity contribution in [2.24, 2.45) is 0 Å². The van der Waals surface area contributed by atoms with E-state index >= 15 is 0 Å². The number of fused-ring (bicyclic) bond motifs is 1. The Labute approximate surface area is 140 Å². The summed E-state index contributed by atoms with van der Waals surface area (Å²) in [5.74, 6) is 1.60. The lowest BCUT2D eigenvalue weighted by Gasteiger charge is -2.02. The number of aromatic nitrogens is 2. The molecule has 2 aromatic heterocycles. The number of aryl methyl sites for hydroxylation is 1. The lowest BCUT2D eigenvalue weighted by molar-refractivity contribution is 0.415. The first kappa shape index (κ1) is 14.6. The third-order valence-electron chi connectivity index (χ3n) is 4.30. The van der Waals surface area contributed by atoms with Crippen molar-refractivity contribution in [1.82, 2.24) is 9.72 Å². The van der Waals surface area contributed by atoms with Gasteiger partial charge in [0.05, 0.1) is 7.11 Å². The second-order valence-electron chi connectivity index (χ2n) is 5.68. The van der Waals surface area contributed by atoms with Crippen molar-refractivity contribution in [3.8, 4) is 28.3 Å². The summed E-state index contributed by atoms with van der Waals surface area (Å²) < 4.78 is 13.0. The van der Waals surface area contributed by atoms with Crippen LogP contribution in [0.15, 0.2) is 65.3 Å². The van der Waals surface area contributed by atoms with Gasteiger partial charge < -0.3 is 13.8 Å². The van der Waals surface area contributed by atoms with E-state index in [2.05, 4.69) is 47.1 Å². The highest BCUT2D eigenvalue weighted by atomic mass is 16.5. The van der Waals surface area contributed by atoms with Crippen LogP contribution in [0, 0.1) is 0 Å². The van der Waals surface area contributed by atoms with Gasteiger partial charge in [-0.2, -0.15) is 0 Å². The van der Waals surface area contributed by atoms with Crippen molar-refractivity contribution >= 4 is 10.9 Å². The molecule has 0 saturated heterocycles. The van der Waals surface area contributed by atoms with Gasteiger partial charge in [-0.1, -0.05) is 17.3 Å². The molecule has 2 aromatic carbocycles. The summed E-state index contributed by atoms with van der Waals surface area (Å²) in [6.07, 6.45) is 2.11. The van der Waals surface area contributed by atoms with Crippen LogP contribution in [0.4, 0.5) is 0 Å². The zero-order valence-electron chi connectivity index (χ0n) is 13.7. The molecule has 0 N–H and O–H groups in total. The smallest absolute Gasteiger partial charge is 0.167 e. The number of hydrogen-bond donors (Lipinski definition) is 0. The van der Waals surface area contributed by atoms with E-state index in [0.29, 0.717) is 0 Å². The fraction of sp³-hybridized carbons (Fsp3) is 0.150. The Hall–Kier alpha value is -3.01. The fourth-order valence-corrected chi connectivity index (χ4v) is 2.92. The predicted octanol–water partition coefficient (Wildman–Crippen LogP) is 4.99. The maximum atomic E-state index is 5.57. The summed E-state index contributed by atoms with van der Waals surface area (Å²) >= 11 is 0. The van der Waals surface area contributed by atoms with Crippen LogP contribution in [0.2, 0.25) is 0 Å². The molecular weight excluding hydrogens is 300 g/mol. The standard InChI is InChI=1S/C20H18N2O2/c1-3-22-11-10-15-4-5-16(12-19(15)22)20-13-18(21-24-20)14-6-8-17(23-2)9-7-14/h4-13H,3H2,1-2H3. The van der Waals surface area contributed by atoms with Gasteiger partial charge in [0.2, 0.25) is 0 Å². The Morgan fingerprint density at radius 1 is 1.00 bits per heavy atom. The molecule has 0 amide bonds. The van der Waals surface area contributed by atoms with Crippen LogP contribution in [0.3, 0.4) is 0 Å². The Kier molecular flexibility index (Phi) is 3.58. The number of rotatable bonds is 4. The number of ether oxygens (including phenoxy) is 1. The van der Waals surface area contributed by atoms with Gasteiger partial charge in [-0.3, -0.25) is 0 Å². The van der Waals surface area contributed by atoms with E-state index in [9.17, 15) is 0 Å². The van der Waals surface area contributed by atoms with Gasteiger partial charge in [0.15, 0.2) is 5.76 Å². The van der Waals surface area contributed by atoms with E-state index in [-0.39, 0.29) is 0 Å². The maximum absolute atomic E-state index is 5.57. The molecule has 2 heterocycles.